The third-order valence-electron chi connectivity index (χ3n) is 4.62. The first kappa shape index (κ1) is 18.6. The maximum atomic E-state index is 12.9. The molecule has 0 unspecified atom stereocenters. The van der Waals surface area contributed by atoms with Gasteiger partial charge in [0, 0.05) is 25.0 Å². The Labute approximate surface area is 152 Å². The summed E-state index contributed by atoms with van der Waals surface area (Å²) in [4.78, 5) is 14.1. The molecule has 1 aromatic heterocycles. The molecule has 2 atom stereocenters. The number of aliphatic hydroxyl groups is 1. The molecule has 1 fully saturated rings. The summed E-state index contributed by atoms with van der Waals surface area (Å²) in [6.07, 6.45) is 1.75. The molecule has 140 valence electrons. The highest BCUT2D eigenvalue weighted by Crippen LogP contribution is 2.23. The van der Waals surface area contributed by atoms with Crippen LogP contribution in [0.5, 0.6) is 0 Å². The molecule has 8 heteroatoms. The molecular formula is C18H22N2O5S. The number of carbonyl (C=O) groups excluding carboxylic acids is 1. The second-order valence-electron chi connectivity index (χ2n) is 6.30. The number of rotatable bonds is 5. The molecule has 2 aromatic rings. The number of ether oxygens (including phenoxy) is 1. The zero-order valence-electron chi connectivity index (χ0n) is 14.5. The van der Waals surface area contributed by atoms with Gasteiger partial charge in [-0.2, -0.15) is 0 Å². The summed E-state index contributed by atoms with van der Waals surface area (Å²) in [6.45, 7) is 0.753. The van der Waals surface area contributed by atoms with Crippen molar-refractivity contribution in [1.29, 1.82) is 0 Å². The molecule has 1 saturated heterocycles. The van der Waals surface area contributed by atoms with E-state index < -0.39 is 28.1 Å². The summed E-state index contributed by atoms with van der Waals surface area (Å²) in [5.41, 5.74) is 0.555. The van der Waals surface area contributed by atoms with Crippen LogP contribution in [0, 0.1) is 0 Å². The molecule has 26 heavy (non-hydrogen) atoms. The number of carbonyl (C=O) groups is 1. The fourth-order valence-electron chi connectivity index (χ4n) is 3.24. The summed E-state index contributed by atoms with van der Waals surface area (Å²) in [6, 6.07) is 11.0. The predicted octanol–water partition coefficient (Wildman–Crippen LogP) is 1.22. The number of likely N-dealkylation sites (tertiary alicyclic amines) is 1. The van der Waals surface area contributed by atoms with Crippen molar-refractivity contribution in [3.63, 3.8) is 0 Å². The van der Waals surface area contributed by atoms with E-state index in [4.69, 9.17) is 4.74 Å². The fourth-order valence-corrected chi connectivity index (χ4v) is 4.62. The molecule has 1 aromatic carbocycles. The number of piperidine rings is 1. The van der Waals surface area contributed by atoms with Crippen LogP contribution in [0.4, 0.5) is 0 Å². The summed E-state index contributed by atoms with van der Waals surface area (Å²) in [5.74, 6) is -0.423. The smallest absolute Gasteiger partial charge is 0.323 e. The molecule has 0 amide bonds. The van der Waals surface area contributed by atoms with Crippen molar-refractivity contribution in [2.24, 2.45) is 0 Å². The molecule has 1 aliphatic rings. The van der Waals surface area contributed by atoms with Gasteiger partial charge in [-0.15, -0.1) is 0 Å². The fraction of sp³-hybridized carbons (Fsp3) is 0.389. The third-order valence-corrected chi connectivity index (χ3v) is 6.36. The van der Waals surface area contributed by atoms with Crippen molar-refractivity contribution in [3.05, 3.63) is 54.4 Å². The Hall–Kier alpha value is -2.16. The van der Waals surface area contributed by atoms with Gasteiger partial charge >= 0.3 is 5.97 Å². The Kier molecular flexibility index (Phi) is 5.45. The predicted molar refractivity (Wildman–Crippen MR) is 94.9 cm³/mol. The Morgan fingerprint density at radius 3 is 2.65 bits per heavy atom. The maximum absolute atomic E-state index is 12.9. The van der Waals surface area contributed by atoms with Gasteiger partial charge in [0.25, 0.3) is 10.0 Å². The van der Waals surface area contributed by atoms with Crippen LogP contribution in [-0.4, -0.2) is 54.2 Å². The lowest BCUT2D eigenvalue weighted by molar-refractivity contribution is -0.150. The molecule has 1 N–H and O–H groups in total. The van der Waals surface area contributed by atoms with E-state index in [0.717, 1.165) is 0 Å². The van der Waals surface area contributed by atoms with Gasteiger partial charge in [0.1, 0.15) is 6.04 Å². The van der Waals surface area contributed by atoms with Crippen molar-refractivity contribution >= 4 is 16.0 Å². The molecule has 0 radical (unpaired) electrons. The maximum Gasteiger partial charge on any atom is 0.323 e. The van der Waals surface area contributed by atoms with Crippen LogP contribution in [0.25, 0.3) is 0 Å². The number of nitrogens with zero attached hydrogens (tertiary/aromatic N) is 2. The van der Waals surface area contributed by atoms with Gasteiger partial charge in [-0.1, -0.05) is 18.2 Å². The highest BCUT2D eigenvalue weighted by Gasteiger charge is 2.34. The Morgan fingerprint density at radius 1 is 1.23 bits per heavy atom. The van der Waals surface area contributed by atoms with Gasteiger partial charge in [0.05, 0.1) is 18.1 Å². The van der Waals surface area contributed by atoms with Crippen molar-refractivity contribution < 1.29 is 23.1 Å². The first-order chi connectivity index (χ1) is 12.4. The lowest BCUT2D eigenvalue weighted by Gasteiger charge is -2.36. The number of hydrogen-bond acceptors (Lipinski definition) is 6. The number of aliphatic hydroxyl groups excluding tert-OH is 1. The molecule has 0 bridgehead atoms. The highest BCUT2D eigenvalue weighted by molar-refractivity contribution is 7.90. The van der Waals surface area contributed by atoms with Crippen LogP contribution in [0.2, 0.25) is 0 Å². The van der Waals surface area contributed by atoms with E-state index >= 15 is 0 Å². The third kappa shape index (κ3) is 3.67. The summed E-state index contributed by atoms with van der Waals surface area (Å²) in [7, 11) is -2.40. The minimum absolute atomic E-state index is 0.205. The summed E-state index contributed by atoms with van der Waals surface area (Å²) >= 11 is 0. The van der Waals surface area contributed by atoms with Crippen LogP contribution < -0.4 is 0 Å². The van der Waals surface area contributed by atoms with E-state index in [-0.39, 0.29) is 17.9 Å². The van der Waals surface area contributed by atoms with E-state index in [1.165, 1.54) is 17.3 Å². The largest absolute Gasteiger partial charge is 0.468 e. The first-order valence-corrected chi connectivity index (χ1v) is 9.84. The molecule has 0 spiro atoms. The zero-order chi connectivity index (χ0) is 18.7. The average molecular weight is 378 g/mol. The van der Waals surface area contributed by atoms with Crippen molar-refractivity contribution in [2.45, 2.75) is 36.4 Å². The monoisotopic (exact) mass is 378 g/mol. The van der Waals surface area contributed by atoms with Gasteiger partial charge in [-0.3, -0.25) is 9.69 Å². The topological polar surface area (TPSA) is 88.8 Å². The number of aromatic nitrogens is 1. The molecule has 7 nitrogen and oxygen atoms in total. The molecule has 0 aliphatic carbocycles. The SMILES string of the molecule is COC(=O)[C@@H]1C[C@H](O)CCN1Cc1cccn1S(=O)(=O)c1ccccc1. The Morgan fingerprint density at radius 2 is 1.96 bits per heavy atom. The number of methoxy groups -OCH3 is 1. The molecule has 2 heterocycles. The zero-order valence-corrected chi connectivity index (χ0v) is 15.3. The standard InChI is InChI=1S/C18H22N2O5S/c1-25-18(22)17-12-15(21)9-11-19(17)13-14-6-5-10-20(14)26(23,24)16-7-3-2-4-8-16/h2-8,10,15,17,21H,9,11-13H2,1H3/t15-,17+/m1/s1. The quantitative estimate of drug-likeness (QED) is 0.787. The first-order valence-electron chi connectivity index (χ1n) is 8.40. The molecule has 1 aliphatic heterocycles. The van der Waals surface area contributed by atoms with Crippen molar-refractivity contribution in [1.82, 2.24) is 8.87 Å². The minimum atomic E-state index is -3.71. The van der Waals surface area contributed by atoms with Crippen LogP contribution >= 0.6 is 0 Å². The van der Waals surface area contributed by atoms with Crippen LogP contribution in [0.3, 0.4) is 0 Å². The number of hydrogen-bond donors (Lipinski definition) is 1. The van der Waals surface area contributed by atoms with Gasteiger partial charge in [-0.05, 0) is 37.1 Å². The summed E-state index contributed by atoms with van der Waals surface area (Å²) in [5, 5.41) is 9.86. The average Bonchev–Trinajstić information content (AvgIpc) is 3.12. The Bertz CT molecular complexity index is 863. The highest BCUT2D eigenvalue weighted by atomic mass is 32.2. The molecule has 0 saturated carbocycles. The molecule has 3 rings (SSSR count). The molecular weight excluding hydrogens is 356 g/mol. The van der Waals surface area contributed by atoms with Gasteiger partial charge in [0.2, 0.25) is 0 Å². The van der Waals surface area contributed by atoms with Crippen molar-refractivity contribution in [2.75, 3.05) is 13.7 Å². The van der Waals surface area contributed by atoms with E-state index in [0.29, 0.717) is 18.7 Å². The normalized spacial score (nSPS) is 21.5. The van der Waals surface area contributed by atoms with E-state index in [1.54, 1.807) is 42.5 Å². The van der Waals surface area contributed by atoms with Gasteiger partial charge in [0.15, 0.2) is 0 Å². The second kappa shape index (κ2) is 7.61. The number of esters is 1. The summed E-state index contributed by atoms with van der Waals surface area (Å²) < 4.78 is 31.9. The van der Waals surface area contributed by atoms with Gasteiger partial charge < -0.3 is 9.84 Å². The van der Waals surface area contributed by atoms with Crippen LogP contribution in [0.1, 0.15) is 18.5 Å². The van der Waals surface area contributed by atoms with E-state index in [2.05, 4.69) is 0 Å². The second-order valence-corrected chi connectivity index (χ2v) is 8.12. The lowest BCUT2D eigenvalue weighted by atomic mass is 9.99. The van der Waals surface area contributed by atoms with Crippen molar-refractivity contribution in [3.8, 4) is 0 Å². The number of benzene rings is 1. The lowest BCUT2D eigenvalue weighted by Crippen LogP contribution is -2.48. The van der Waals surface area contributed by atoms with Gasteiger partial charge in [-0.25, -0.2) is 12.4 Å². The van der Waals surface area contributed by atoms with Crippen LogP contribution in [-0.2, 0) is 26.1 Å². The van der Waals surface area contributed by atoms with E-state index in [1.807, 2.05) is 4.90 Å². The minimum Gasteiger partial charge on any atom is -0.468 e. The van der Waals surface area contributed by atoms with E-state index in [9.17, 15) is 18.3 Å². The Balaban J connectivity index is 1.88. The van der Waals surface area contributed by atoms with Crippen LogP contribution in [0.15, 0.2) is 53.6 Å².